The molecule has 1 aromatic carbocycles. The van der Waals surface area contributed by atoms with Gasteiger partial charge in [0.25, 0.3) is 0 Å². The van der Waals surface area contributed by atoms with Crippen LogP contribution in [0.5, 0.6) is 0 Å². The maximum atomic E-state index is 14.0. The lowest BCUT2D eigenvalue weighted by Crippen LogP contribution is -2.11. The van der Waals surface area contributed by atoms with Gasteiger partial charge in [0, 0.05) is 0 Å². The molecule has 1 aromatic rings. The third kappa shape index (κ3) is 2.50. The fourth-order valence-corrected chi connectivity index (χ4v) is 1.78. The Morgan fingerprint density at radius 3 is 2.69 bits per heavy atom. The largest absolute Gasteiger partial charge is 0.362 e. The highest BCUT2D eigenvalue weighted by Crippen LogP contribution is 2.41. The minimum Gasteiger partial charge on any atom is -0.362 e. The number of ether oxygens (including phenoxy) is 1. The highest BCUT2D eigenvalue weighted by atomic mass is 19.1. The molecule has 1 fully saturated rings. The summed E-state index contributed by atoms with van der Waals surface area (Å²) in [7, 11) is 0. The monoisotopic (exact) mass is 220 g/mol. The second-order valence-electron chi connectivity index (χ2n) is 4.29. The van der Waals surface area contributed by atoms with E-state index in [-0.39, 0.29) is 5.83 Å². The summed E-state index contributed by atoms with van der Waals surface area (Å²) in [5, 5.41) is 0. The van der Waals surface area contributed by atoms with Crippen LogP contribution in [0.2, 0.25) is 0 Å². The van der Waals surface area contributed by atoms with E-state index in [1.807, 2.05) is 30.3 Å². The van der Waals surface area contributed by atoms with Crippen molar-refractivity contribution < 1.29 is 9.13 Å². The first kappa shape index (κ1) is 11.3. The highest BCUT2D eigenvalue weighted by molar-refractivity contribution is 5.53. The van der Waals surface area contributed by atoms with Gasteiger partial charge in [-0.15, -0.1) is 0 Å². The SMILES string of the molecule is CCCCC1(/C(F)=C/c2ccccc2)CO1. The van der Waals surface area contributed by atoms with Gasteiger partial charge in [-0.05, 0) is 18.1 Å². The molecule has 0 N–H and O–H groups in total. The smallest absolute Gasteiger partial charge is 0.143 e. The molecule has 16 heavy (non-hydrogen) atoms. The average molecular weight is 220 g/mol. The Morgan fingerprint density at radius 2 is 2.12 bits per heavy atom. The first-order valence-corrected chi connectivity index (χ1v) is 5.83. The second kappa shape index (κ2) is 4.79. The third-order valence-electron chi connectivity index (χ3n) is 2.96. The van der Waals surface area contributed by atoms with Crippen LogP contribution < -0.4 is 0 Å². The molecule has 0 aliphatic carbocycles. The molecule has 0 saturated carbocycles. The molecule has 1 aliphatic rings. The van der Waals surface area contributed by atoms with Gasteiger partial charge in [-0.25, -0.2) is 4.39 Å². The first-order chi connectivity index (χ1) is 7.77. The number of hydrogen-bond acceptors (Lipinski definition) is 1. The highest BCUT2D eigenvalue weighted by Gasteiger charge is 2.48. The molecule has 0 aromatic heterocycles. The Hall–Kier alpha value is -1.15. The van der Waals surface area contributed by atoms with Crippen LogP contribution in [-0.4, -0.2) is 12.2 Å². The molecule has 2 heteroatoms. The molecule has 0 amide bonds. The number of benzene rings is 1. The Bertz CT molecular complexity index is 366. The lowest BCUT2D eigenvalue weighted by Gasteiger charge is -2.08. The molecular weight excluding hydrogens is 203 g/mol. The summed E-state index contributed by atoms with van der Waals surface area (Å²) in [6.07, 6.45) is 4.46. The maximum Gasteiger partial charge on any atom is 0.143 e. The zero-order chi connectivity index (χ0) is 11.4. The average Bonchev–Trinajstić information content (AvgIpc) is 3.09. The molecule has 1 unspecified atom stereocenters. The van der Waals surface area contributed by atoms with E-state index in [1.54, 1.807) is 6.08 Å². The molecule has 0 bridgehead atoms. The molecule has 86 valence electrons. The molecule has 0 radical (unpaired) electrons. The van der Waals surface area contributed by atoms with E-state index in [0.717, 1.165) is 24.8 Å². The van der Waals surface area contributed by atoms with Crippen LogP contribution in [0.3, 0.4) is 0 Å². The van der Waals surface area contributed by atoms with Crippen molar-refractivity contribution in [3.8, 4) is 0 Å². The second-order valence-corrected chi connectivity index (χ2v) is 4.29. The van der Waals surface area contributed by atoms with E-state index in [1.165, 1.54) is 0 Å². The van der Waals surface area contributed by atoms with Gasteiger partial charge in [-0.2, -0.15) is 0 Å². The van der Waals surface area contributed by atoms with E-state index in [2.05, 4.69) is 6.92 Å². The minimum atomic E-state index is -0.591. The number of hydrogen-bond donors (Lipinski definition) is 0. The Morgan fingerprint density at radius 1 is 1.44 bits per heavy atom. The summed E-state index contributed by atoms with van der Waals surface area (Å²) >= 11 is 0. The zero-order valence-electron chi connectivity index (χ0n) is 9.58. The quantitative estimate of drug-likeness (QED) is 0.684. The van der Waals surface area contributed by atoms with Crippen molar-refractivity contribution in [3.63, 3.8) is 0 Å². The fourth-order valence-electron chi connectivity index (χ4n) is 1.78. The lowest BCUT2D eigenvalue weighted by atomic mass is 10.00. The summed E-state index contributed by atoms with van der Waals surface area (Å²) < 4.78 is 19.3. The fraction of sp³-hybridized carbons (Fsp3) is 0.429. The number of halogens is 1. The molecule has 1 saturated heterocycles. The van der Waals surface area contributed by atoms with Crippen LogP contribution in [0.4, 0.5) is 4.39 Å². The Labute approximate surface area is 95.9 Å². The van der Waals surface area contributed by atoms with Gasteiger partial charge in [-0.3, -0.25) is 0 Å². The van der Waals surface area contributed by atoms with Crippen molar-refractivity contribution in [1.29, 1.82) is 0 Å². The van der Waals surface area contributed by atoms with Crippen molar-refractivity contribution in [3.05, 3.63) is 41.7 Å². The molecule has 1 atom stereocenters. The number of rotatable bonds is 5. The molecule has 0 spiro atoms. The van der Waals surface area contributed by atoms with Gasteiger partial charge in [0.05, 0.1) is 6.61 Å². The van der Waals surface area contributed by atoms with Crippen LogP contribution >= 0.6 is 0 Å². The van der Waals surface area contributed by atoms with Crippen LogP contribution in [-0.2, 0) is 4.74 Å². The standard InChI is InChI=1S/C14H17FO/c1-2-3-9-14(11-16-14)13(15)10-12-7-5-4-6-8-12/h4-8,10H,2-3,9,11H2,1H3/b13-10-. The maximum absolute atomic E-state index is 14.0. The molecular formula is C14H17FO. The molecule has 2 rings (SSSR count). The predicted octanol–water partition coefficient (Wildman–Crippen LogP) is 3.96. The van der Waals surface area contributed by atoms with Crippen LogP contribution in [0, 0.1) is 0 Å². The van der Waals surface area contributed by atoms with Crippen molar-refractivity contribution >= 4 is 6.08 Å². The van der Waals surface area contributed by atoms with E-state index < -0.39 is 5.60 Å². The summed E-state index contributed by atoms with van der Waals surface area (Å²) in [6.45, 7) is 2.64. The zero-order valence-corrected chi connectivity index (χ0v) is 9.58. The van der Waals surface area contributed by atoms with E-state index in [4.69, 9.17) is 4.74 Å². The van der Waals surface area contributed by atoms with Gasteiger partial charge in [0.2, 0.25) is 0 Å². The minimum absolute atomic E-state index is 0.132. The molecule has 1 aliphatic heterocycles. The van der Waals surface area contributed by atoms with Gasteiger partial charge >= 0.3 is 0 Å². The van der Waals surface area contributed by atoms with Crippen molar-refractivity contribution in [2.75, 3.05) is 6.61 Å². The Balaban J connectivity index is 2.07. The lowest BCUT2D eigenvalue weighted by molar-refractivity contribution is 0.284. The molecule has 1 heterocycles. The van der Waals surface area contributed by atoms with E-state index in [9.17, 15) is 4.39 Å². The van der Waals surface area contributed by atoms with Crippen LogP contribution in [0.25, 0.3) is 6.08 Å². The van der Waals surface area contributed by atoms with Crippen molar-refractivity contribution in [2.45, 2.75) is 31.8 Å². The Kier molecular flexibility index (Phi) is 3.39. The predicted molar refractivity (Wildman–Crippen MR) is 63.7 cm³/mol. The normalized spacial score (nSPS) is 24.5. The summed E-state index contributed by atoms with van der Waals surface area (Å²) in [4.78, 5) is 0. The van der Waals surface area contributed by atoms with E-state index in [0.29, 0.717) is 6.61 Å². The third-order valence-corrected chi connectivity index (χ3v) is 2.96. The number of unbranched alkanes of at least 4 members (excludes halogenated alkanes) is 1. The van der Waals surface area contributed by atoms with Gasteiger partial charge in [-0.1, -0.05) is 50.1 Å². The first-order valence-electron chi connectivity index (χ1n) is 5.83. The van der Waals surface area contributed by atoms with E-state index >= 15 is 0 Å². The van der Waals surface area contributed by atoms with Gasteiger partial charge < -0.3 is 4.74 Å². The summed E-state index contributed by atoms with van der Waals surface area (Å²) in [6, 6.07) is 9.54. The van der Waals surface area contributed by atoms with Crippen molar-refractivity contribution in [2.24, 2.45) is 0 Å². The van der Waals surface area contributed by atoms with Crippen LogP contribution in [0.1, 0.15) is 31.7 Å². The van der Waals surface area contributed by atoms with Gasteiger partial charge in [0.15, 0.2) is 0 Å². The number of epoxide rings is 1. The van der Waals surface area contributed by atoms with Gasteiger partial charge in [0.1, 0.15) is 11.4 Å². The van der Waals surface area contributed by atoms with Crippen molar-refractivity contribution in [1.82, 2.24) is 0 Å². The molecule has 1 nitrogen and oxygen atoms in total. The van der Waals surface area contributed by atoms with Crippen LogP contribution in [0.15, 0.2) is 36.2 Å². The topological polar surface area (TPSA) is 12.5 Å². The summed E-state index contributed by atoms with van der Waals surface area (Å²) in [5.74, 6) is -0.132. The summed E-state index contributed by atoms with van der Waals surface area (Å²) in [5.41, 5.74) is 0.303.